The molecule has 0 heterocycles. The van der Waals surface area contributed by atoms with Gasteiger partial charge in [-0.1, -0.05) is 0 Å². The van der Waals surface area contributed by atoms with Crippen LogP contribution in [0.5, 0.6) is 0 Å². The molecule has 0 radical (unpaired) electrons. The van der Waals surface area contributed by atoms with Crippen molar-refractivity contribution < 1.29 is 0 Å². The average molecular weight is 100 g/mol. The van der Waals surface area contributed by atoms with Crippen LogP contribution in [0.25, 0.3) is 0 Å². The molecule has 0 amide bonds. The van der Waals surface area contributed by atoms with Gasteiger partial charge in [-0.05, 0) is 30.3 Å². The molecule has 0 nitrogen and oxygen atoms in total. The van der Waals surface area contributed by atoms with Gasteiger partial charge in [0.05, 0.1) is 0 Å². The lowest BCUT2D eigenvalue weighted by molar-refractivity contribution is 0.0570. The minimum Gasteiger partial charge on any atom is -0.131 e. The van der Waals surface area contributed by atoms with Gasteiger partial charge in [0.1, 0.15) is 0 Å². The maximum absolute atomic E-state index is 2.94. The summed E-state index contributed by atoms with van der Waals surface area (Å²) in [6.45, 7) is 0. The Balaban J connectivity index is 2.19. The zero-order chi connectivity index (χ0) is 4.20. The molecule has 3 fully saturated rings. The molecule has 0 aliphatic heterocycles. The lowest BCUT2D eigenvalue weighted by Crippen LogP contribution is -2.52. The molecule has 0 saturated heterocycles. The molecule has 3 aliphatic carbocycles. The Labute approximate surface area is 40.5 Å². The Hall–Kier alpha value is 0.430. The van der Waals surface area contributed by atoms with E-state index in [0.29, 0.717) is 0 Å². The normalized spacial score (nSPS) is 62.5. The van der Waals surface area contributed by atoms with Crippen LogP contribution in [-0.2, 0) is 0 Å². The highest BCUT2D eigenvalue weighted by Crippen LogP contribution is 2.62. The maximum Gasteiger partial charge on any atom is -0.0142 e. The van der Waals surface area contributed by atoms with E-state index >= 15 is 0 Å². The highest BCUT2D eigenvalue weighted by atomic mass is 31.0. The van der Waals surface area contributed by atoms with Crippen LogP contribution in [0.1, 0.15) is 19.3 Å². The van der Waals surface area contributed by atoms with Gasteiger partial charge in [-0.15, -0.1) is 9.24 Å². The van der Waals surface area contributed by atoms with Crippen molar-refractivity contribution in [2.24, 2.45) is 5.92 Å². The van der Waals surface area contributed by atoms with Crippen molar-refractivity contribution in [2.75, 3.05) is 0 Å². The summed E-state index contributed by atoms with van der Waals surface area (Å²) in [5.41, 5.74) is 0. The molecule has 6 heavy (non-hydrogen) atoms. The van der Waals surface area contributed by atoms with Crippen molar-refractivity contribution in [3.05, 3.63) is 0 Å². The molecule has 34 valence electrons. The van der Waals surface area contributed by atoms with Gasteiger partial charge >= 0.3 is 0 Å². The van der Waals surface area contributed by atoms with E-state index in [9.17, 15) is 0 Å². The Kier molecular flexibility index (Phi) is 0.395. The Bertz CT molecular complexity index is 70.9. The third-order valence-corrected chi connectivity index (χ3v) is 2.79. The zero-order valence-electron chi connectivity index (χ0n) is 3.78. The number of rotatable bonds is 0. The fourth-order valence-electron chi connectivity index (χ4n) is 1.55. The smallest absolute Gasteiger partial charge is 0.0142 e. The Morgan fingerprint density at radius 1 is 1.33 bits per heavy atom. The molecular weight excluding hydrogens is 91.0 g/mol. The van der Waals surface area contributed by atoms with E-state index in [1.807, 2.05) is 0 Å². The first kappa shape index (κ1) is 3.43. The van der Waals surface area contributed by atoms with Crippen LogP contribution in [0.3, 0.4) is 0 Å². The van der Waals surface area contributed by atoms with Crippen LogP contribution in [0.15, 0.2) is 0 Å². The van der Waals surface area contributed by atoms with Gasteiger partial charge in [0.15, 0.2) is 0 Å². The van der Waals surface area contributed by atoms with E-state index < -0.39 is 0 Å². The van der Waals surface area contributed by atoms with E-state index in [0.717, 1.165) is 11.1 Å². The van der Waals surface area contributed by atoms with Crippen LogP contribution in [0.4, 0.5) is 0 Å². The van der Waals surface area contributed by atoms with E-state index in [4.69, 9.17) is 0 Å². The summed E-state index contributed by atoms with van der Waals surface area (Å²) in [5, 5.41) is 0.782. The van der Waals surface area contributed by atoms with E-state index in [2.05, 4.69) is 9.24 Å². The molecular formula is C5H9P. The monoisotopic (exact) mass is 100 g/mol. The average Bonchev–Trinajstić information content (AvgIpc) is 1.24. The minimum absolute atomic E-state index is 0.782. The summed E-state index contributed by atoms with van der Waals surface area (Å²) < 4.78 is 0. The molecule has 0 N–H and O–H groups in total. The summed E-state index contributed by atoms with van der Waals surface area (Å²) in [6.07, 6.45) is 4.53. The first-order chi connectivity index (χ1) is 2.79. The lowest BCUT2D eigenvalue weighted by atomic mass is 9.55. The first-order valence-corrected chi connectivity index (χ1v) is 3.15. The second-order valence-electron chi connectivity index (χ2n) is 2.84. The fraction of sp³-hybridized carbons (Fsp3) is 1.00. The second kappa shape index (κ2) is 0.690. The molecule has 3 saturated carbocycles. The van der Waals surface area contributed by atoms with Crippen LogP contribution in [0.2, 0.25) is 0 Å². The quantitative estimate of drug-likeness (QED) is 0.404. The molecule has 2 bridgehead atoms. The van der Waals surface area contributed by atoms with E-state index in [1.165, 1.54) is 19.3 Å². The summed E-state index contributed by atoms with van der Waals surface area (Å²) >= 11 is 0. The minimum atomic E-state index is 0.782. The predicted octanol–water partition coefficient (Wildman–Crippen LogP) is 1.41. The van der Waals surface area contributed by atoms with Crippen molar-refractivity contribution in [2.45, 2.75) is 24.4 Å². The SMILES string of the molecule is PC12CC(C1)C2. The third kappa shape index (κ3) is 0.219. The van der Waals surface area contributed by atoms with Gasteiger partial charge in [0.2, 0.25) is 0 Å². The van der Waals surface area contributed by atoms with Crippen molar-refractivity contribution in [3.8, 4) is 0 Å². The standard InChI is InChI=1S/C5H9P/c6-5-1-4(2-5)3-5/h4H,1-3,6H2. The van der Waals surface area contributed by atoms with Gasteiger partial charge in [-0.25, -0.2) is 0 Å². The summed E-state index contributed by atoms with van der Waals surface area (Å²) in [5.74, 6) is 1.16. The highest BCUT2D eigenvalue weighted by Gasteiger charge is 2.52. The summed E-state index contributed by atoms with van der Waals surface area (Å²) in [7, 11) is 2.94. The molecule has 0 aromatic carbocycles. The predicted molar refractivity (Wildman–Crippen MR) is 29.8 cm³/mol. The highest BCUT2D eigenvalue weighted by molar-refractivity contribution is 7.19. The molecule has 1 atom stereocenters. The first-order valence-electron chi connectivity index (χ1n) is 2.57. The maximum atomic E-state index is 2.94. The fourth-order valence-corrected chi connectivity index (χ4v) is 2.55. The van der Waals surface area contributed by atoms with E-state index in [-0.39, 0.29) is 0 Å². The van der Waals surface area contributed by atoms with Crippen LogP contribution in [-0.4, -0.2) is 5.16 Å². The third-order valence-electron chi connectivity index (χ3n) is 2.09. The van der Waals surface area contributed by atoms with Crippen LogP contribution in [0, 0.1) is 5.92 Å². The van der Waals surface area contributed by atoms with Crippen LogP contribution < -0.4 is 0 Å². The van der Waals surface area contributed by atoms with Gasteiger partial charge < -0.3 is 0 Å². The molecule has 0 aromatic heterocycles. The van der Waals surface area contributed by atoms with Crippen molar-refractivity contribution in [3.63, 3.8) is 0 Å². The molecule has 0 aromatic rings. The Morgan fingerprint density at radius 3 is 1.67 bits per heavy atom. The zero-order valence-corrected chi connectivity index (χ0v) is 4.93. The lowest BCUT2D eigenvalue weighted by Gasteiger charge is -2.59. The Morgan fingerprint density at radius 2 is 1.67 bits per heavy atom. The molecule has 0 spiro atoms. The second-order valence-corrected chi connectivity index (χ2v) is 4.07. The molecule has 1 unspecified atom stereocenters. The van der Waals surface area contributed by atoms with Crippen molar-refractivity contribution in [1.29, 1.82) is 0 Å². The van der Waals surface area contributed by atoms with Crippen molar-refractivity contribution >= 4 is 9.24 Å². The largest absolute Gasteiger partial charge is 0.131 e. The molecule has 3 aliphatic rings. The molecule has 1 heteroatoms. The van der Waals surface area contributed by atoms with Gasteiger partial charge in [-0.3, -0.25) is 0 Å². The number of hydrogen-bond donors (Lipinski definition) is 0. The molecule has 3 rings (SSSR count). The topological polar surface area (TPSA) is 0 Å². The van der Waals surface area contributed by atoms with Gasteiger partial charge in [0, 0.05) is 0 Å². The summed E-state index contributed by atoms with van der Waals surface area (Å²) in [4.78, 5) is 0. The van der Waals surface area contributed by atoms with Crippen molar-refractivity contribution in [1.82, 2.24) is 0 Å². The van der Waals surface area contributed by atoms with Crippen LogP contribution >= 0.6 is 9.24 Å². The van der Waals surface area contributed by atoms with Gasteiger partial charge in [0.25, 0.3) is 0 Å². The van der Waals surface area contributed by atoms with Gasteiger partial charge in [-0.2, -0.15) is 0 Å². The number of hydrogen-bond acceptors (Lipinski definition) is 0. The van der Waals surface area contributed by atoms with E-state index in [1.54, 1.807) is 0 Å². The summed E-state index contributed by atoms with van der Waals surface area (Å²) in [6, 6.07) is 0.